The summed E-state index contributed by atoms with van der Waals surface area (Å²) in [4.78, 5) is 0.101. The number of methoxy groups -OCH3 is 1. The van der Waals surface area contributed by atoms with Gasteiger partial charge in [0.2, 0.25) is 10.0 Å². The zero-order valence-corrected chi connectivity index (χ0v) is 14.0. The summed E-state index contributed by atoms with van der Waals surface area (Å²) in [5.41, 5.74) is 5.80. The molecule has 118 valence electrons. The molecule has 21 heavy (non-hydrogen) atoms. The number of piperidine rings is 1. The van der Waals surface area contributed by atoms with Crippen molar-refractivity contribution in [3.8, 4) is 5.75 Å². The molecular formula is C14H21ClN2O3S. The van der Waals surface area contributed by atoms with Crippen molar-refractivity contribution >= 4 is 21.6 Å². The highest BCUT2D eigenvalue weighted by atomic mass is 35.5. The van der Waals surface area contributed by atoms with E-state index in [-0.39, 0.29) is 16.4 Å². The minimum atomic E-state index is -3.65. The highest BCUT2D eigenvalue weighted by Crippen LogP contribution is 2.34. The third kappa shape index (κ3) is 3.18. The second-order valence-electron chi connectivity index (χ2n) is 6.02. The first-order valence-corrected chi connectivity index (χ1v) is 8.59. The molecule has 7 heteroatoms. The monoisotopic (exact) mass is 332 g/mol. The Morgan fingerprint density at radius 2 is 2.10 bits per heavy atom. The molecule has 1 aliphatic rings. The predicted octanol–water partition coefficient (Wildman–Crippen LogP) is 2.10. The SMILES string of the molecule is COc1ccc(Cl)cc1S(=O)(=O)N1CCC(N)C(C)(C)C1. The lowest BCUT2D eigenvalue weighted by Crippen LogP contribution is -2.53. The summed E-state index contributed by atoms with van der Waals surface area (Å²) in [5, 5.41) is 0.363. The summed E-state index contributed by atoms with van der Waals surface area (Å²) in [6.45, 7) is 4.75. The Morgan fingerprint density at radius 3 is 2.67 bits per heavy atom. The van der Waals surface area contributed by atoms with Gasteiger partial charge in [-0.25, -0.2) is 8.42 Å². The van der Waals surface area contributed by atoms with Crippen LogP contribution >= 0.6 is 11.6 Å². The smallest absolute Gasteiger partial charge is 0.246 e. The van der Waals surface area contributed by atoms with Crippen molar-refractivity contribution in [3.05, 3.63) is 23.2 Å². The van der Waals surface area contributed by atoms with E-state index in [1.54, 1.807) is 12.1 Å². The van der Waals surface area contributed by atoms with Crippen LogP contribution in [0.3, 0.4) is 0 Å². The van der Waals surface area contributed by atoms with Crippen molar-refractivity contribution in [3.63, 3.8) is 0 Å². The molecule has 0 amide bonds. The predicted molar refractivity (Wildman–Crippen MR) is 83.1 cm³/mol. The summed E-state index contributed by atoms with van der Waals surface area (Å²) in [7, 11) is -2.21. The van der Waals surface area contributed by atoms with Crippen molar-refractivity contribution in [1.29, 1.82) is 0 Å². The molecule has 1 aromatic carbocycles. The molecule has 1 atom stereocenters. The van der Waals surface area contributed by atoms with Gasteiger partial charge >= 0.3 is 0 Å². The van der Waals surface area contributed by atoms with Crippen LogP contribution in [0.5, 0.6) is 5.75 Å². The molecule has 1 heterocycles. The van der Waals surface area contributed by atoms with Gasteiger partial charge in [-0.15, -0.1) is 0 Å². The summed E-state index contributed by atoms with van der Waals surface area (Å²) >= 11 is 5.94. The molecule has 0 bridgehead atoms. The second kappa shape index (κ2) is 5.76. The number of sulfonamides is 1. The molecule has 0 aliphatic carbocycles. The molecule has 1 saturated heterocycles. The average Bonchev–Trinajstić information content (AvgIpc) is 2.41. The Balaban J connectivity index is 2.41. The fourth-order valence-electron chi connectivity index (χ4n) is 2.52. The number of halogens is 1. The first-order chi connectivity index (χ1) is 9.68. The van der Waals surface area contributed by atoms with Crippen molar-refractivity contribution in [2.24, 2.45) is 11.1 Å². The summed E-state index contributed by atoms with van der Waals surface area (Å²) in [6.07, 6.45) is 0.634. The third-order valence-corrected chi connectivity index (χ3v) is 6.12. The number of nitrogens with two attached hydrogens (primary N) is 1. The number of hydrogen-bond donors (Lipinski definition) is 1. The first-order valence-electron chi connectivity index (χ1n) is 6.78. The molecule has 5 nitrogen and oxygen atoms in total. The maximum Gasteiger partial charge on any atom is 0.246 e. The molecule has 1 aromatic rings. The van der Waals surface area contributed by atoms with E-state index in [0.717, 1.165) is 0 Å². The fraction of sp³-hybridized carbons (Fsp3) is 0.571. The average molecular weight is 333 g/mol. The largest absolute Gasteiger partial charge is 0.495 e. The maximum absolute atomic E-state index is 12.9. The highest BCUT2D eigenvalue weighted by Gasteiger charge is 2.39. The second-order valence-corrected chi connectivity index (χ2v) is 8.36. The lowest BCUT2D eigenvalue weighted by Gasteiger charge is -2.41. The maximum atomic E-state index is 12.9. The van der Waals surface area contributed by atoms with Gasteiger partial charge in [0.1, 0.15) is 10.6 Å². The van der Waals surface area contributed by atoms with Gasteiger partial charge in [-0.2, -0.15) is 4.31 Å². The lowest BCUT2D eigenvalue weighted by molar-refractivity contribution is 0.155. The van der Waals surface area contributed by atoms with E-state index >= 15 is 0 Å². The van der Waals surface area contributed by atoms with Crippen LogP contribution < -0.4 is 10.5 Å². The molecule has 1 unspecified atom stereocenters. The number of ether oxygens (including phenoxy) is 1. The number of hydrogen-bond acceptors (Lipinski definition) is 4. The van der Waals surface area contributed by atoms with Crippen molar-refractivity contribution in [1.82, 2.24) is 4.31 Å². The summed E-state index contributed by atoms with van der Waals surface area (Å²) in [5.74, 6) is 0.298. The van der Waals surface area contributed by atoms with E-state index in [4.69, 9.17) is 22.1 Å². The Labute approximate surface area is 131 Å². The molecule has 0 radical (unpaired) electrons. The molecule has 0 aromatic heterocycles. The van der Waals surface area contributed by atoms with Gasteiger partial charge in [-0.1, -0.05) is 25.4 Å². The molecule has 0 saturated carbocycles. The minimum Gasteiger partial charge on any atom is -0.495 e. The van der Waals surface area contributed by atoms with E-state index in [1.807, 2.05) is 13.8 Å². The normalized spacial score (nSPS) is 23.0. The zero-order valence-electron chi connectivity index (χ0n) is 12.5. The van der Waals surface area contributed by atoms with Gasteiger partial charge in [-0.05, 0) is 30.0 Å². The Bertz CT molecular complexity index is 631. The van der Waals surface area contributed by atoms with Crippen LogP contribution in [-0.4, -0.2) is 39.0 Å². The molecular weight excluding hydrogens is 312 g/mol. The summed E-state index contributed by atoms with van der Waals surface area (Å²) < 4.78 is 32.3. The Kier molecular flexibility index (Phi) is 4.54. The van der Waals surface area contributed by atoms with E-state index in [0.29, 0.717) is 30.3 Å². The van der Waals surface area contributed by atoms with E-state index < -0.39 is 10.0 Å². The van der Waals surface area contributed by atoms with Crippen LogP contribution in [0.15, 0.2) is 23.1 Å². The van der Waals surface area contributed by atoms with Crippen LogP contribution in [0.25, 0.3) is 0 Å². The Hall–Kier alpha value is -0.820. The van der Waals surface area contributed by atoms with E-state index in [2.05, 4.69) is 0 Å². The number of rotatable bonds is 3. The fourth-order valence-corrected chi connectivity index (χ4v) is 4.57. The Morgan fingerprint density at radius 1 is 1.43 bits per heavy atom. The molecule has 1 fully saturated rings. The third-order valence-electron chi connectivity index (χ3n) is 4.02. The molecule has 1 aliphatic heterocycles. The van der Waals surface area contributed by atoms with E-state index in [9.17, 15) is 8.42 Å². The standard InChI is InChI=1S/C14H21ClN2O3S/c1-14(2)9-17(7-6-13(14)16)21(18,19)12-8-10(15)4-5-11(12)20-3/h4-5,8,13H,6-7,9,16H2,1-3H3. The van der Waals surface area contributed by atoms with Gasteiger partial charge in [0.15, 0.2) is 0 Å². The zero-order chi connectivity index (χ0) is 15.8. The topological polar surface area (TPSA) is 72.6 Å². The van der Waals surface area contributed by atoms with Crippen LogP contribution in [0.2, 0.25) is 5.02 Å². The van der Waals surface area contributed by atoms with Gasteiger partial charge < -0.3 is 10.5 Å². The molecule has 2 N–H and O–H groups in total. The van der Waals surface area contributed by atoms with Crippen LogP contribution in [-0.2, 0) is 10.0 Å². The highest BCUT2D eigenvalue weighted by molar-refractivity contribution is 7.89. The summed E-state index contributed by atoms with van der Waals surface area (Å²) in [6, 6.07) is 4.59. The van der Waals surface area contributed by atoms with Gasteiger partial charge in [-0.3, -0.25) is 0 Å². The number of nitrogens with zero attached hydrogens (tertiary/aromatic N) is 1. The van der Waals surface area contributed by atoms with Crippen molar-refractivity contribution in [2.75, 3.05) is 20.2 Å². The van der Waals surface area contributed by atoms with Crippen LogP contribution in [0.1, 0.15) is 20.3 Å². The quantitative estimate of drug-likeness (QED) is 0.920. The van der Waals surface area contributed by atoms with Crippen LogP contribution in [0.4, 0.5) is 0 Å². The molecule has 0 spiro atoms. The van der Waals surface area contributed by atoms with Gasteiger partial charge in [0.25, 0.3) is 0 Å². The van der Waals surface area contributed by atoms with Gasteiger partial charge in [0.05, 0.1) is 7.11 Å². The van der Waals surface area contributed by atoms with Gasteiger partial charge in [0, 0.05) is 24.2 Å². The molecule has 2 rings (SSSR count). The first kappa shape index (κ1) is 16.5. The van der Waals surface area contributed by atoms with Crippen molar-refractivity contribution in [2.45, 2.75) is 31.2 Å². The van der Waals surface area contributed by atoms with Crippen molar-refractivity contribution < 1.29 is 13.2 Å². The van der Waals surface area contributed by atoms with E-state index in [1.165, 1.54) is 17.5 Å². The van der Waals surface area contributed by atoms with Crippen LogP contribution in [0, 0.1) is 5.41 Å². The number of benzene rings is 1. The lowest BCUT2D eigenvalue weighted by atomic mass is 9.81. The minimum absolute atomic E-state index is 0.00907.